The highest BCUT2D eigenvalue weighted by Gasteiger charge is 2.59. The van der Waals surface area contributed by atoms with Crippen molar-refractivity contribution in [3.8, 4) is 11.3 Å². The molecule has 3 atom stereocenters. The number of pyridine rings is 1. The van der Waals surface area contributed by atoms with Gasteiger partial charge in [-0.05, 0) is 54.2 Å². The van der Waals surface area contributed by atoms with Gasteiger partial charge in [0.05, 0.1) is 16.2 Å². The van der Waals surface area contributed by atoms with Crippen LogP contribution >= 0.6 is 0 Å². The second-order valence-corrected chi connectivity index (χ2v) is 11.3. The van der Waals surface area contributed by atoms with Crippen LogP contribution in [-0.2, 0) is 33.7 Å². The van der Waals surface area contributed by atoms with Gasteiger partial charge in [0.2, 0.25) is 21.8 Å². The molecule has 0 bridgehead atoms. The van der Waals surface area contributed by atoms with Crippen molar-refractivity contribution in [1.29, 1.82) is 0 Å². The maximum absolute atomic E-state index is 13.7. The number of halogens is 7. The molecule has 16 heteroatoms. The summed E-state index contributed by atoms with van der Waals surface area (Å²) in [5, 5.41) is 2.37. The average molecular weight is 589 g/mol. The van der Waals surface area contributed by atoms with Crippen molar-refractivity contribution >= 4 is 15.9 Å². The molecule has 212 valence electrons. The lowest BCUT2D eigenvalue weighted by Gasteiger charge is -2.26. The third kappa shape index (κ3) is 5.37. The largest absolute Gasteiger partial charge is 0.451 e. The number of hydrogen-bond donors (Lipinski definition) is 1. The fourth-order valence-electron chi connectivity index (χ4n) is 4.69. The van der Waals surface area contributed by atoms with Crippen molar-refractivity contribution in [2.24, 2.45) is 11.8 Å². The van der Waals surface area contributed by atoms with Gasteiger partial charge in [0.1, 0.15) is 11.9 Å². The lowest BCUT2D eigenvalue weighted by molar-refractivity contribution is -0.145. The van der Waals surface area contributed by atoms with Gasteiger partial charge in [-0.3, -0.25) is 9.78 Å². The number of sulfonamides is 1. The zero-order chi connectivity index (χ0) is 29.0. The topological polar surface area (TPSA) is 105 Å². The first-order valence-electron chi connectivity index (χ1n) is 11.7. The number of aromatic nitrogens is 3. The predicted molar refractivity (Wildman–Crippen MR) is 123 cm³/mol. The van der Waals surface area contributed by atoms with Crippen molar-refractivity contribution in [2.75, 3.05) is 6.54 Å². The molecule has 1 saturated heterocycles. The third-order valence-corrected chi connectivity index (χ3v) is 8.61. The smallest absolute Gasteiger partial charge is 0.351 e. The number of nitrogens with one attached hydrogen (secondary N) is 1. The van der Waals surface area contributed by atoms with E-state index in [9.17, 15) is 43.9 Å². The van der Waals surface area contributed by atoms with E-state index >= 15 is 0 Å². The molecule has 2 aromatic heterocycles. The van der Waals surface area contributed by atoms with Crippen molar-refractivity contribution in [2.45, 2.75) is 36.3 Å². The number of hydrogen-bond acceptors (Lipinski definition) is 6. The molecular formula is C24H18F7N5O3S. The molecule has 0 radical (unpaired) electrons. The van der Waals surface area contributed by atoms with E-state index in [2.05, 4.69) is 20.3 Å². The Morgan fingerprint density at radius 1 is 0.975 bits per heavy atom. The Balaban J connectivity index is 1.39. The Morgan fingerprint density at radius 3 is 2.23 bits per heavy atom. The second kappa shape index (κ2) is 9.76. The summed E-state index contributed by atoms with van der Waals surface area (Å²) in [6.45, 7) is -0.646. The molecule has 1 aliphatic carbocycles. The van der Waals surface area contributed by atoms with E-state index in [0.29, 0.717) is 12.6 Å². The second-order valence-electron chi connectivity index (χ2n) is 9.37. The number of benzene rings is 1. The van der Waals surface area contributed by atoms with Crippen LogP contribution < -0.4 is 5.32 Å². The van der Waals surface area contributed by atoms with Gasteiger partial charge in [0, 0.05) is 37.2 Å². The van der Waals surface area contributed by atoms with Crippen molar-refractivity contribution < 1.29 is 43.9 Å². The SMILES string of the molecule is O=C(NCc1cc(-c2cnc(C(F)(F)F)nc2)ncc1C(F)(F)F)C1C2CC2CN1S(=O)(=O)c1ccc(F)cc1. The van der Waals surface area contributed by atoms with Gasteiger partial charge >= 0.3 is 12.4 Å². The van der Waals surface area contributed by atoms with Crippen LogP contribution in [0.25, 0.3) is 11.3 Å². The molecule has 1 aliphatic heterocycles. The van der Waals surface area contributed by atoms with Crippen molar-refractivity contribution in [1.82, 2.24) is 24.6 Å². The summed E-state index contributed by atoms with van der Waals surface area (Å²) >= 11 is 0. The third-order valence-electron chi connectivity index (χ3n) is 6.75. The fraction of sp³-hybridized carbons (Fsp3) is 0.333. The number of rotatable bonds is 6. The van der Waals surface area contributed by atoms with E-state index in [0.717, 1.165) is 47.0 Å². The number of amides is 1. The molecule has 2 fully saturated rings. The number of nitrogens with zero attached hydrogens (tertiary/aromatic N) is 4. The summed E-state index contributed by atoms with van der Waals surface area (Å²) in [7, 11) is -4.20. The summed E-state index contributed by atoms with van der Waals surface area (Å²) in [6, 6.07) is 3.79. The van der Waals surface area contributed by atoms with Gasteiger partial charge in [-0.2, -0.15) is 30.6 Å². The Labute approximate surface area is 222 Å². The molecule has 3 heterocycles. The molecule has 2 aliphatic rings. The first kappa shape index (κ1) is 27.9. The Hall–Kier alpha value is -3.66. The van der Waals surface area contributed by atoms with Gasteiger partial charge in [-0.15, -0.1) is 0 Å². The van der Waals surface area contributed by atoms with Gasteiger partial charge in [0.25, 0.3) is 0 Å². The van der Waals surface area contributed by atoms with E-state index in [1.54, 1.807) is 0 Å². The molecule has 0 spiro atoms. The molecule has 1 amide bonds. The highest BCUT2D eigenvalue weighted by atomic mass is 32.2. The number of piperidine rings is 1. The van der Waals surface area contributed by atoms with Crippen LogP contribution in [0.3, 0.4) is 0 Å². The molecule has 40 heavy (non-hydrogen) atoms. The predicted octanol–water partition coefficient (Wildman–Crippen LogP) is 4.04. The zero-order valence-electron chi connectivity index (χ0n) is 20.0. The van der Waals surface area contributed by atoms with Crippen LogP contribution in [0, 0.1) is 17.7 Å². The number of carbonyl (C=O) groups excluding carboxylic acids is 1. The highest BCUT2D eigenvalue weighted by molar-refractivity contribution is 7.89. The van der Waals surface area contributed by atoms with Crippen LogP contribution in [0.5, 0.6) is 0 Å². The number of carbonyl (C=O) groups is 1. The number of fused-ring (bicyclic) bond motifs is 1. The summed E-state index contributed by atoms with van der Waals surface area (Å²) in [6.07, 6.45) is -7.13. The molecule has 1 N–H and O–H groups in total. The van der Waals surface area contributed by atoms with Crippen molar-refractivity contribution in [3.05, 3.63) is 71.7 Å². The highest BCUT2D eigenvalue weighted by Crippen LogP contribution is 2.51. The molecule has 3 unspecified atom stereocenters. The maximum atomic E-state index is 13.7. The van der Waals surface area contributed by atoms with Crippen molar-refractivity contribution in [3.63, 3.8) is 0 Å². The Bertz CT molecular complexity index is 1550. The first-order valence-corrected chi connectivity index (χ1v) is 13.1. The summed E-state index contributed by atoms with van der Waals surface area (Å²) in [4.78, 5) is 22.9. The van der Waals surface area contributed by atoms with E-state index < -0.39 is 63.6 Å². The lowest BCUT2D eigenvalue weighted by atomic mass is 10.1. The van der Waals surface area contributed by atoms with Gasteiger partial charge in [-0.1, -0.05) is 0 Å². The minimum Gasteiger partial charge on any atom is -0.351 e. The zero-order valence-corrected chi connectivity index (χ0v) is 20.9. The molecular weight excluding hydrogens is 571 g/mol. The molecule has 5 rings (SSSR count). The standard InChI is InChI=1S/C24H18F7N5O3S/c25-15-1-3-16(4-2-15)40(38,39)36-11-13-5-17(13)20(36)21(37)33-7-12-6-19(32-10-18(12)23(26,27)28)14-8-34-22(35-9-14)24(29,30)31/h1-4,6,8-10,13,17,20H,5,7,11H2,(H,33,37). The number of alkyl halides is 6. The summed E-state index contributed by atoms with van der Waals surface area (Å²) < 4.78 is 120. The maximum Gasteiger partial charge on any atom is 0.451 e. The molecule has 1 saturated carbocycles. The molecule has 1 aromatic carbocycles. The Kier molecular flexibility index (Phi) is 6.81. The van der Waals surface area contributed by atoms with E-state index in [1.807, 2.05) is 0 Å². The molecule has 8 nitrogen and oxygen atoms in total. The van der Waals surface area contributed by atoms with Gasteiger partial charge in [0.15, 0.2) is 0 Å². The normalized spacial score (nSPS) is 21.2. The molecule has 3 aromatic rings. The fourth-order valence-corrected chi connectivity index (χ4v) is 6.38. The lowest BCUT2D eigenvalue weighted by Crippen LogP contribution is -2.48. The minimum atomic E-state index is -4.88. The summed E-state index contributed by atoms with van der Waals surface area (Å²) in [5.74, 6) is -3.33. The van der Waals surface area contributed by atoms with Crippen LogP contribution in [0.2, 0.25) is 0 Å². The minimum absolute atomic E-state index is 0.0313. The quantitative estimate of drug-likeness (QED) is 0.436. The van der Waals surface area contributed by atoms with Gasteiger partial charge < -0.3 is 5.32 Å². The van der Waals surface area contributed by atoms with Crippen LogP contribution in [-0.4, -0.2) is 46.2 Å². The van der Waals surface area contributed by atoms with Crippen LogP contribution in [0.4, 0.5) is 30.7 Å². The van der Waals surface area contributed by atoms with E-state index in [1.165, 1.54) is 0 Å². The van der Waals surface area contributed by atoms with E-state index in [-0.39, 0.29) is 34.5 Å². The van der Waals surface area contributed by atoms with Crippen LogP contribution in [0.1, 0.15) is 23.4 Å². The summed E-state index contributed by atoms with van der Waals surface area (Å²) in [5.41, 5.74) is -1.92. The monoisotopic (exact) mass is 589 g/mol. The van der Waals surface area contributed by atoms with Crippen LogP contribution in [0.15, 0.2) is 53.8 Å². The van der Waals surface area contributed by atoms with E-state index in [4.69, 9.17) is 0 Å². The van der Waals surface area contributed by atoms with Gasteiger partial charge in [-0.25, -0.2) is 22.8 Å². The average Bonchev–Trinajstić information content (AvgIpc) is 3.55. The first-order chi connectivity index (χ1) is 18.7. The Morgan fingerprint density at radius 2 is 1.62 bits per heavy atom.